The van der Waals surface area contributed by atoms with Gasteiger partial charge >= 0.3 is 0 Å². The van der Waals surface area contributed by atoms with Crippen LogP contribution >= 0.6 is 0 Å². The maximum atomic E-state index is 5.63. The fourth-order valence-corrected chi connectivity index (χ4v) is 1.69. The summed E-state index contributed by atoms with van der Waals surface area (Å²) in [5.74, 6) is 0.862. The number of hydrogen-bond donors (Lipinski definition) is 1. The van der Waals surface area contributed by atoms with Gasteiger partial charge in [0.15, 0.2) is 0 Å². The number of rotatable bonds is 9. The summed E-state index contributed by atoms with van der Waals surface area (Å²) in [6.45, 7) is 3.66. The van der Waals surface area contributed by atoms with E-state index < -0.39 is 0 Å². The highest BCUT2D eigenvalue weighted by Gasteiger charge is 1.96. The average molecular weight is 236 g/mol. The van der Waals surface area contributed by atoms with Crippen molar-refractivity contribution >= 4 is 0 Å². The lowest BCUT2D eigenvalue weighted by atomic mass is 10.2. The smallest absolute Gasteiger partial charge is 0.137 e. The average Bonchev–Trinajstić information content (AvgIpc) is 2.36. The first-order valence-electron chi connectivity index (χ1n) is 6.64. The molecule has 0 aliphatic carbocycles. The topological polar surface area (TPSA) is 48.1 Å². The van der Waals surface area contributed by atoms with Crippen LogP contribution in [0, 0.1) is 0 Å². The summed E-state index contributed by atoms with van der Waals surface area (Å²) in [6.07, 6.45) is 8.93. The molecule has 0 aliphatic heterocycles. The van der Waals surface area contributed by atoms with Gasteiger partial charge in [-0.05, 0) is 25.1 Å². The molecule has 0 aromatic carbocycles. The lowest BCUT2D eigenvalue weighted by Crippen LogP contribution is -2.04. The first-order chi connectivity index (χ1) is 8.36. The second-order valence-electron chi connectivity index (χ2n) is 4.29. The van der Waals surface area contributed by atoms with Crippen LogP contribution in [0.4, 0.5) is 0 Å². The molecule has 17 heavy (non-hydrogen) atoms. The van der Waals surface area contributed by atoms with E-state index in [9.17, 15) is 0 Å². The zero-order chi connectivity index (χ0) is 12.3. The van der Waals surface area contributed by atoms with Crippen LogP contribution in [0.25, 0.3) is 0 Å². The Morgan fingerprint density at radius 1 is 1.18 bits per heavy atom. The molecular weight excluding hydrogens is 212 g/mol. The first-order valence-corrected chi connectivity index (χ1v) is 6.64. The second-order valence-corrected chi connectivity index (χ2v) is 4.29. The molecule has 0 unspecified atom stereocenters. The van der Waals surface area contributed by atoms with Crippen molar-refractivity contribution in [3.63, 3.8) is 0 Å². The summed E-state index contributed by atoms with van der Waals surface area (Å²) in [5.41, 5.74) is 6.50. The van der Waals surface area contributed by atoms with E-state index >= 15 is 0 Å². The van der Waals surface area contributed by atoms with Crippen LogP contribution in [-0.4, -0.2) is 18.1 Å². The Balaban J connectivity index is 2.14. The largest absolute Gasteiger partial charge is 0.492 e. The minimum absolute atomic E-state index is 0.643. The van der Waals surface area contributed by atoms with Gasteiger partial charge in [-0.25, -0.2) is 0 Å². The van der Waals surface area contributed by atoms with Crippen LogP contribution in [0.2, 0.25) is 0 Å². The molecule has 0 amide bonds. The van der Waals surface area contributed by atoms with Gasteiger partial charge in [-0.3, -0.25) is 4.98 Å². The number of ether oxygens (including phenoxy) is 1. The number of unbranched alkanes of at least 4 members (excludes halogenated alkanes) is 4. The van der Waals surface area contributed by atoms with Gasteiger partial charge in [0.2, 0.25) is 0 Å². The molecule has 0 atom stereocenters. The number of nitrogens with two attached hydrogens (primary N) is 1. The monoisotopic (exact) mass is 236 g/mol. The van der Waals surface area contributed by atoms with Gasteiger partial charge in [-0.1, -0.05) is 32.6 Å². The molecule has 0 saturated carbocycles. The fraction of sp³-hybridized carbons (Fsp3) is 0.643. The van der Waals surface area contributed by atoms with Gasteiger partial charge in [0.25, 0.3) is 0 Å². The molecule has 0 radical (unpaired) electrons. The third kappa shape index (κ3) is 6.27. The summed E-state index contributed by atoms with van der Waals surface area (Å²) in [5, 5.41) is 0. The first kappa shape index (κ1) is 14.0. The number of hydrogen-bond acceptors (Lipinski definition) is 3. The highest BCUT2D eigenvalue weighted by molar-refractivity contribution is 5.19. The van der Waals surface area contributed by atoms with Crippen LogP contribution in [0.1, 0.15) is 44.7 Å². The molecule has 1 aromatic rings. The van der Waals surface area contributed by atoms with Gasteiger partial charge in [0, 0.05) is 12.1 Å². The zero-order valence-electron chi connectivity index (χ0n) is 10.8. The van der Waals surface area contributed by atoms with E-state index in [4.69, 9.17) is 10.5 Å². The molecule has 2 N–H and O–H groups in total. The Morgan fingerprint density at radius 2 is 2.00 bits per heavy atom. The quantitative estimate of drug-likeness (QED) is 0.671. The molecule has 0 saturated heterocycles. The van der Waals surface area contributed by atoms with Crippen molar-refractivity contribution in [1.82, 2.24) is 4.98 Å². The molecule has 3 nitrogen and oxygen atoms in total. The predicted molar refractivity (Wildman–Crippen MR) is 71.2 cm³/mol. The van der Waals surface area contributed by atoms with E-state index in [1.165, 1.54) is 25.7 Å². The Hall–Kier alpha value is -1.09. The molecule has 1 heterocycles. The number of aromatic nitrogens is 1. The van der Waals surface area contributed by atoms with Crippen molar-refractivity contribution in [3.05, 3.63) is 24.0 Å². The standard InChI is InChI=1S/C14H24N2O/c1-2-3-4-5-6-11-17-14-8-7-13(9-10-15)16-12-14/h7-8,12H,2-6,9-11,15H2,1H3. The van der Waals surface area contributed by atoms with E-state index in [1.807, 2.05) is 12.1 Å². The Bertz CT molecular complexity index is 285. The molecular formula is C14H24N2O. The minimum Gasteiger partial charge on any atom is -0.492 e. The summed E-state index contributed by atoms with van der Waals surface area (Å²) in [4.78, 5) is 4.29. The second kappa shape index (κ2) is 8.99. The van der Waals surface area contributed by atoms with E-state index in [0.717, 1.165) is 30.9 Å². The van der Waals surface area contributed by atoms with Crippen molar-refractivity contribution in [2.45, 2.75) is 45.4 Å². The molecule has 1 aromatic heterocycles. The maximum absolute atomic E-state index is 5.63. The van der Waals surface area contributed by atoms with Crippen LogP contribution in [-0.2, 0) is 6.42 Å². The van der Waals surface area contributed by atoms with E-state index in [2.05, 4.69) is 11.9 Å². The van der Waals surface area contributed by atoms with Crippen LogP contribution in [0.5, 0.6) is 5.75 Å². The maximum Gasteiger partial charge on any atom is 0.137 e. The minimum atomic E-state index is 0.643. The summed E-state index contributed by atoms with van der Waals surface area (Å²) < 4.78 is 5.63. The third-order valence-electron chi connectivity index (χ3n) is 2.71. The summed E-state index contributed by atoms with van der Waals surface area (Å²) in [7, 11) is 0. The van der Waals surface area contributed by atoms with E-state index in [0.29, 0.717) is 6.54 Å². The molecule has 3 heteroatoms. The fourth-order valence-electron chi connectivity index (χ4n) is 1.69. The molecule has 1 rings (SSSR count). The number of nitrogens with zero attached hydrogens (tertiary/aromatic N) is 1. The Morgan fingerprint density at radius 3 is 2.65 bits per heavy atom. The van der Waals surface area contributed by atoms with Crippen molar-refractivity contribution < 1.29 is 4.74 Å². The normalized spacial score (nSPS) is 10.5. The van der Waals surface area contributed by atoms with Crippen molar-refractivity contribution in [1.29, 1.82) is 0 Å². The van der Waals surface area contributed by atoms with Crippen molar-refractivity contribution in [2.24, 2.45) is 5.73 Å². The summed E-state index contributed by atoms with van der Waals surface area (Å²) >= 11 is 0. The zero-order valence-corrected chi connectivity index (χ0v) is 10.8. The molecule has 0 fully saturated rings. The molecule has 0 bridgehead atoms. The SMILES string of the molecule is CCCCCCCOc1ccc(CCN)nc1. The lowest BCUT2D eigenvalue weighted by Gasteiger charge is -2.06. The van der Waals surface area contributed by atoms with Crippen LogP contribution < -0.4 is 10.5 Å². The Labute approximate surface area is 104 Å². The third-order valence-corrected chi connectivity index (χ3v) is 2.71. The van der Waals surface area contributed by atoms with Gasteiger partial charge in [0.1, 0.15) is 5.75 Å². The van der Waals surface area contributed by atoms with Gasteiger partial charge < -0.3 is 10.5 Å². The molecule has 0 spiro atoms. The van der Waals surface area contributed by atoms with Gasteiger partial charge in [-0.2, -0.15) is 0 Å². The molecule has 0 aliphatic rings. The van der Waals surface area contributed by atoms with Gasteiger partial charge in [-0.15, -0.1) is 0 Å². The van der Waals surface area contributed by atoms with Gasteiger partial charge in [0.05, 0.1) is 12.8 Å². The highest BCUT2D eigenvalue weighted by atomic mass is 16.5. The van der Waals surface area contributed by atoms with Crippen molar-refractivity contribution in [2.75, 3.05) is 13.2 Å². The highest BCUT2D eigenvalue weighted by Crippen LogP contribution is 2.10. The predicted octanol–water partition coefficient (Wildman–Crippen LogP) is 2.93. The Kier molecular flexibility index (Phi) is 7.39. The van der Waals surface area contributed by atoms with Crippen LogP contribution in [0.15, 0.2) is 18.3 Å². The van der Waals surface area contributed by atoms with Crippen LogP contribution in [0.3, 0.4) is 0 Å². The summed E-state index contributed by atoms with van der Waals surface area (Å²) in [6, 6.07) is 3.96. The van der Waals surface area contributed by atoms with E-state index in [-0.39, 0.29) is 0 Å². The van der Waals surface area contributed by atoms with E-state index in [1.54, 1.807) is 6.20 Å². The molecule has 96 valence electrons. The number of pyridine rings is 1. The van der Waals surface area contributed by atoms with Crippen molar-refractivity contribution in [3.8, 4) is 5.75 Å². The lowest BCUT2D eigenvalue weighted by molar-refractivity contribution is 0.303.